The van der Waals surface area contributed by atoms with Crippen molar-refractivity contribution in [2.75, 3.05) is 13.1 Å². The van der Waals surface area contributed by atoms with E-state index in [0.717, 1.165) is 15.6 Å². The molecule has 4 rings (SSSR count). The molecule has 12 heteroatoms. The van der Waals surface area contributed by atoms with Gasteiger partial charge in [0.05, 0.1) is 5.69 Å². The summed E-state index contributed by atoms with van der Waals surface area (Å²) in [5.74, 6) is -11.9. The van der Waals surface area contributed by atoms with Crippen LogP contribution in [-0.4, -0.2) is 41.0 Å². The molecule has 0 radical (unpaired) electrons. The summed E-state index contributed by atoms with van der Waals surface area (Å²) in [7, 11) is -4.92. The number of piperidine rings is 1. The summed E-state index contributed by atoms with van der Waals surface area (Å²) in [6.07, 6.45) is 3.78. The predicted molar refractivity (Wildman–Crippen MR) is 98.8 cm³/mol. The molecule has 0 spiro atoms. The first-order chi connectivity index (χ1) is 14.7. The monoisotopic (exact) mass is 458 g/mol. The number of rotatable bonds is 4. The first-order valence-corrected chi connectivity index (χ1v) is 10.6. The lowest BCUT2D eigenvalue weighted by molar-refractivity contribution is 0.308. The third kappa shape index (κ3) is 3.69. The van der Waals surface area contributed by atoms with Crippen LogP contribution in [0.1, 0.15) is 24.5 Å². The van der Waals surface area contributed by atoms with E-state index in [1.165, 1.54) is 0 Å². The average Bonchev–Trinajstić information content (AvgIpc) is 3.27. The molecule has 3 aromatic rings. The Bertz CT molecular complexity index is 1200. The molecule has 1 aliphatic rings. The number of hydrogen-bond donors (Lipinski definition) is 1. The van der Waals surface area contributed by atoms with Gasteiger partial charge >= 0.3 is 0 Å². The number of pyridine rings is 1. The molecule has 6 nitrogen and oxygen atoms in total. The lowest BCUT2D eigenvalue weighted by Gasteiger charge is -2.30. The van der Waals surface area contributed by atoms with Gasteiger partial charge in [0.1, 0.15) is 0 Å². The minimum atomic E-state index is -4.92. The normalized spacial score (nSPS) is 16.0. The Kier molecular flexibility index (Phi) is 5.52. The molecule has 0 unspecified atom stereocenters. The topological polar surface area (TPSA) is 79.0 Å². The molecule has 0 bridgehead atoms. The molecule has 1 fully saturated rings. The number of halogens is 5. The van der Waals surface area contributed by atoms with Crippen molar-refractivity contribution in [3.8, 4) is 11.3 Å². The summed E-state index contributed by atoms with van der Waals surface area (Å²) in [4.78, 5) is 2.10. The highest BCUT2D eigenvalue weighted by Gasteiger charge is 2.38. The van der Waals surface area contributed by atoms with Crippen LogP contribution >= 0.6 is 0 Å². The molecular weight excluding hydrogens is 443 g/mol. The van der Waals surface area contributed by atoms with Crippen LogP contribution in [0.25, 0.3) is 11.3 Å². The number of H-pyrrole nitrogens is 1. The third-order valence-corrected chi connectivity index (χ3v) is 7.15. The van der Waals surface area contributed by atoms with E-state index in [1.807, 2.05) is 6.07 Å². The number of aromatic nitrogens is 3. The molecular formula is C19H15F5N4O2S. The zero-order chi connectivity index (χ0) is 22.3. The molecule has 0 amide bonds. The second kappa shape index (κ2) is 8.00. The van der Waals surface area contributed by atoms with E-state index in [9.17, 15) is 30.4 Å². The Morgan fingerprint density at radius 3 is 2.03 bits per heavy atom. The van der Waals surface area contributed by atoms with Crippen molar-refractivity contribution in [1.82, 2.24) is 19.5 Å². The smallest absolute Gasteiger partial charge is 0.249 e. The molecule has 3 heterocycles. The number of aromatic amines is 1. The van der Waals surface area contributed by atoms with E-state index in [2.05, 4.69) is 15.2 Å². The van der Waals surface area contributed by atoms with Gasteiger partial charge in [-0.2, -0.15) is 9.40 Å². The molecule has 0 aliphatic carbocycles. The minimum Gasteiger partial charge on any atom is -0.282 e. The zero-order valence-corrected chi connectivity index (χ0v) is 16.6. The van der Waals surface area contributed by atoms with Gasteiger partial charge < -0.3 is 0 Å². The van der Waals surface area contributed by atoms with Crippen LogP contribution in [0, 0.1) is 29.1 Å². The minimum absolute atomic E-state index is 0.120. The summed E-state index contributed by atoms with van der Waals surface area (Å²) in [5.41, 5.74) is 2.26. The van der Waals surface area contributed by atoms with Gasteiger partial charge in [0.2, 0.25) is 15.8 Å². The van der Waals surface area contributed by atoms with Crippen LogP contribution in [-0.2, 0) is 10.0 Å². The van der Waals surface area contributed by atoms with Crippen molar-refractivity contribution >= 4 is 10.0 Å². The highest BCUT2D eigenvalue weighted by Crippen LogP contribution is 2.34. The lowest BCUT2D eigenvalue weighted by atomic mass is 9.94. The predicted octanol–water partition coefficient (Wildman–Crippen LogP) is 3.74. The van der Waals surface area contributed by atoms with E-state index in [-0.39, 0.29) is 31.8 Å². The van der Waals surface area contributed by atoms with Crippen molar-refractivity contribution in [2.24, 2.45) is 0 Å². The van der Waals surface area contributed by atoms with E-state index in [4.69, 9.17) is 0 Å². The third-order valence-electron chi connectivity index (χ3n) is 5.23. The summed E-state index contributed by atoms with van der Waals surface area (Å²) < 4.78 is 94.2. The number of nitrogens with one attached hydrogen (secondary N) is 1. The van der Waals surface area contributed by atoms with Gasteiger partial charge in [-0.25, -0.2) is 30.4 Å². The number of benzene rings is 1. The van der Waals surface area contributed by atoms with Gasteiger partial charge in [0.25, 0.3) is 0 Å². The standard InChI is InChI=1S/C19H15F5N4O2S/c20-14-15(21)17(23)19(18(24)16(14)22)31(29,30)28-7-3-11(4-8-28)13-9-12(26-27-13)10-1-5-25-6-2-10/h1-2,5-6,9,11H,3-4,7-8H2,(H,26,27). The van der Waals surface area contributed by atoms with Crippen LogP contribution in [0.15, 0.2) is 35.5 Å². The van der Waals surface area contributed by atoms with Gasteiger partial charge in [-0.3, -0.25) is 10.1 Å². The van der Waals surface area contributed by atoms with E-state index in [0.29, 0.717) is 5.69 Å². The van der Waals surface area contributed by atoms with Crippen LogP contribution < -0.4 is 0 Å². The largest absolute Gasteiger partial charge is 0.282 e. The summed E-state index contributed by atoms with van der Waals surface area (Å²) in [6.45, 7) is -0.313. The molecule has 31 heavy (non-hydrogen) atoms. The molecule has 1 aliphatic heterocycles. The summed E-state index contributed by atoms with van der Waals surface area (Å²) in [6, 6.07) is 5.37. The van der Waals surface area contributed by atoms with Gasteiger partial charge in [-0.1, -0.05) is 0 Å². The Morgan fingerprint density at radius 1 is 0.903 bits per heavy atom. The highest BCUT2D eigenvalue weighted by atomic mass is 32.2. The second-order valence-electron chi connectivity index (χ2n) is 7.02. The van der Waals surface area contributed by atoms with E-state index in [1.54, 1.807) is 24.5 Å². The molecule has 164 valence electrons. The second-order valence-corrected chi connectivity index (χ2v) is 8.90. The van der Waals surface area contributed by atoms with Crippen molar-refractivity contribution in [3.63, 3.8) is 0 Å². The van der Waals surface area contributed by atoms with Crippen LogP contribution in [0.4, 0.5) is 22.0 Å². The highest BCUT2D eigenvalue weighted by molar-refractivity contribution is 7.89. The Hall–Kier alpha value is -2.86. The Balaban J connectivity index is 1.54. The SMILES string of the molecule is O=S(=O)(c1c(F)c(F)c(F)c(F)c1F)N1CCC(c2cc(-c3ccncc3)n[nH]2)CC1. The number of hydrogen-bond acceptors (Lipinski definition) is 4. The Labute approximate surface area is 173 Å². The van der Waals surface area contributed by atoms with Crippen LogP contribution in [0.5, 0.6) is 0 Å². The van der Waals surface area contributed by atoms with Gasteiger partial charge in [-0.05, 0) is 31.0 Å². The first kappa shape index (κ1) is 21.4. The van der Waals surface area contributed by atoms with Gasteiger partial charge in [-0.15, -0.1) is 0 Å². The fourth-order valence-corrected chi connectivity index (χ4v) is 5.15. The fourth-order valence-electron chi connectivity index (χ4n) is 3.56. The quantitative estimate of drug-likeness (QED) is 0.367. The van der Waals surface area contributed by atoms with Gasteiger partial charge in [0, 0.05) is 42.7 Å². The maximum Gasteiger partial charge on any atom is 0.249 e. The summed E-state index contributed by atoms with van der Waals surface area (Å²) in [5, 5.41) is 7.12. The number of nitrogens with zero attached hydrogens (tertiary/aromatic N) is 3. The molecule has 1 N–H and O–H groups in total. The van der Waals surface area contributed by atoms with E-state index < -0.39 is 44.0 Å². The van der Waals surface area contributed by atoms with Crippen LogP contribution in [0.2, 0.25) is 0 Å². The van der Waals surface area contributed by atoms with Crippen molar-refractivity contribution in [3.05, 3.63) is 65.4 Å². The maximum absolute atomic E-state index is 14.0. The van der Waals surface area contributed by atoms with Crippen LogP contribution in [0.3, 0.4) is 0 Å². The van der Waals surface area contributed by atoms with Gasteiger partial charge in [0.15, 0.2) is 28.2 Å². The maximum atomic E-state index is 14.0. The average molecular weight is 458 g/mol. The lowest BCUT2D eigenvalue weighted by Crippen LogP contribution is -2.39. The van der Waals surface area contributed by atoms with Crippen molar-refractivity contribution in [2.45, 2.75) is 23.7 Å². The van der Waals surface area contributed by atoms with E-state index >= 15 is 0 Å². The summed E-state index contributed by atoms with van der Waals surface area (Å²) >= 11 is 0. The Morgan fingerprint density at radius 2 is 1.45 bits per heavy atom. The number of sulfonamides is 1. The first-order valence-electron chi connectivity index (χ1n) is 9.19. The molecule has 0 saturated carbocycles. The zero-order valence-electron chi connectivity index (χ0n) is 15.7. The molecule has 1 saturated heterocycles. The van der Waals surface area contributed by atoms with Crippen molar-refractivity contribution in [1.29, 1.82) is 0 Å². The molecule has 0 atom stereocenters. The van der Waals surface area contributed by atoms with Crippen molar-refractivity contribution < 1.29 is 30.4 Å². The molecule has 1 aromatic carbocycles. The molecule has 2 aromatic heterocycles. The fraction of sp³-hybridized carbons (Fsp3) is 0.263.